The lowest BCUT2D eigenvalue weighted by atomic mass is 9.98. The molecule has 176 valence electrons. The topological polar surface area (TPSA) is 124 Å². The second kappa shape index (κ2) is 11.3. The zero-order chi connectivity index (χ0) is 24.0. The quantitative estimate of drug-likeness (QED) is 0.413. The maximum absolute atomic E-state index is 11.8. The molecule has 2 rings (SSSR count). The summed E-state index contributed by atoms with van der Waals surface area (Å²) in [5, 5.41) is 0.481. The summed E-state index contributed by atoms with van der Waals surface area (Å²) in [4.78, 5) is 46.6. The first-order valence-corrected chi connectivity index (χ1v) is 10.2. The molecule has 0 amide bonds. The van der Waals surface area contributed by atoms with Gasteiger partial charge in [-0.15, -0.1) is 0 Å². The maximum Gasteiger partial charge on any atom is 0.303 e. The van der Waals surface area contributed by atoms with Gasteiger partial charge in [0.05, 0.1) is 5.02 Å². The highest BCUT2D eigenvalue weighted by Gasteiger charge is 2.53. The molecule has 1 aliphatic rings. The van der Waals surface area contributed by atoms with Gasteiger partial charge >= 0.3 is 23.9 Å². The molecule has 12 heteroatoms. The van der Waals surface area contributed by atoms with Crippen molar-refractivity contribution in [3.05, 3.63) is 28.2 Å². The van der Waals surface area contributed by atoms with Crippen molar-refractivity contribution in [2.24, 2.45) is 0 Å². The predicted octanol–water partition coefficient (Wildman–Crippen LogP) is 2.46. The molecule has 1 fully saturated rings. The van der Waals surface area contributed by atoms with Crippen LogP contribution in [0.4, 0.5) is 0 Å². The van der Waals surface area contributed by atoms with Crippen LogP contribution in [0.3, 0.4) is 0 Å². The van der Waals surface area contributed by atoms with Crippen LogP contribution in [0.25, 0.3) is 0 Å². The van der Waals surface area contributed by atoms with Gasteiger partial charge in [0, 0.05) is 32.7 Å². The third-order valence-electron chi connectivity index (χ3n) is 4.09. The van der Waals surface area contributed by atoms with Crippen LogP contribution in [0, 0.1) is 0 Å². The van der Waals surface area contributed by atoms with Crippen molar-refractivity contribution in [3.8, 4) is 5.75 Å². The first-order valence-electron chi connectivity index (χ1n) is 9.40. The van der Waals surface area contributed by atoms with E-state index in [2.05, 4.69) is 0 Å². The molecule has 0 bridgehead atoms. The van der Waals surface area contributed by atoms with Crippen molar-refractivity contribution < 1.29 is 47.6 Å². The summed E-state index contributed by atoms with van der Waals surface area (Å²) in [6.07, 6.45) is -6.49. The standard InChI is InChI=1S/C20H22Cl2O10/c1-9(23)27-8-16-17(28-10(2)24)18(29-11(3)25)19(30-12(4)26)20(32-16)31-15-6-5-13(21)7-14(15)22/h5-7,16-20H,8H2,1-4H3/t16-,17-,18+,19+,20-/m1/s1. The van der Waals surface area contributed by atoms with E-state index >= 15 is 0 Å². The predicted molar refractivity (Wildman–Crippen MR) is 109 cm³/mol. The van der Waals surface area contributed by atoms with Gasteiger partial charge in [-0.2, -0.15) is 0 Å². The van der Waals surface area contributed by atoms with Crippen LogP contribution in [-0.2, 0) is 42.9 Å². The van der Waals surface area contributed by atoms with Crippen LogP contribution in [0.2, 0.25) is 10.0 Å². The van der Waals surface area contributed by atoms with Crippen molar-refractivity contribution in [2.75, 3.05) is 6.61 Å². The Hall–Kier alpha value is -2.56. The summed E-state index contributed by atoms with van der Waals surface area (Å²) in [7, 11) is 0. The molecule has 10 nitrogen and oxygen atoms in total. The summed E-state index contributed by atoms with van der Waals surface area (Å²) < 4.78 is 32.5. The van der Waals surface area contributed by atoms with E-state index in [0.717, 1.165) is 20.8 Å². The molecule has 0 unspecified atom stereocenters. The number of rotatable bonds is 7. The van der Waals surface area contributed by atoms with Gasteiger partial charge in [-0.25, -0.2) is 0 Å². The Kier molecular flexibility index (Phi) is 9.11. The first-order chi connectivity index (χ1) is 15.0. The minimum atomic E-state index is -1.38. The molecule has 0 saturated carbocycles. The van der Waals surface area contributed by atoms with Crippen LogP contribution in [0.1, 0.15) is 27.7 Å². The van der Waals surface area contributed by atoms with Crippen LogP contribution in [0.15, 0.2) is 18.2 Å². The second-order valence-corrected chi connectivity index (χ2v) is 7.60. The van der Waals surface area contributed by atoms with E-state index in [0.29, 0.717) is 5.02 Å². The summed E-state index contributed by atoms with van der Waals surface area (Å²) in [5.41, 5.74) is 0. The fraction of sp³-hybridized carbons (Fsp3) is 0.500. The second-order valence-electron chi connectivity index (χ2n) is 6.76. The number of hydrogen-bond acceptors (Lipinski definition) is 10. The van der Waals surface area contributed by atoms with Crippen molar-refractivity contribution in [3.63, 3.8) is 0 Å². The molecule has 0 spiro atoms. The van der Waals surface area contributed by atoms with E-state index in [4.69, 9.17) is 51.6 Å². The number of halogens is 2. The van der Waals surface area contributed by atoms with Gasteiger partial charge in [0.25, 0.3) is 0 Å². The molecule has 0 radical (unpaired) electrons. The molecule has 1 saturated heterocycles. The zero-order valence-corrected chi connectivity index (χ0v) is 19.2. The number of carbonyl (C=O) groups excluding carboxylic acids is 4. The number of benzene rings is 1. The van der Waals surface area contributed by atoms with Crippen molar-refractivity contribution in [2.45, 2.75) is 58.4 Å². The average Bonchev–Trinajstić information content (AvgIpc) is 2.65. The molecular formula is C20H22Cl2O10. The van der Waals surface area contributed by atoms with Crippen LogP contribution in [-0.4, -0.2) is 61.2 Å². The van der Waals surface area contributed by atoms with E-state index in [1.807, 2.05) is 0 Å². The Morgan fingerprint density at radius 3 is 1.94 bits per heavy atom. The summed E-state index contributed by atoms with van der Waals surface area (Å²) in [5.74, 6) is -2.73. The van der Waals surface area contributed by atoms with Crippen molar-refractivity contribution >= 4 is 47.1 Å². The van der Waals surface area contributed by atoms with E-state index < -0.39 is 54.6 Å². The Labute approximate surface area is 193 Å². The SMILES string of the molecule is CC(=O)OC[C@H]1O[C@@H](Oc2ccc(Cl)cc2Cl)[C@@H](OC(C)=O)[C@@H](OC(C)=O)[C@@H]1OC(C)=O. The van der Waals surface area contributed by atoms with Gasteiger partial charge < -0.3 is 28.4 Å². The zero-order valence-electron chi connectivity index (χ0n) is 17.7. The number of hydrogen-bond donors (Lipinski definition) is 0. The van der Waals surface area contributed by atoms with Crippen LogP contribution in [0.5, 0.6) is 5.75 Å². The Balaban J connectivity index is 2.47. The summed E-state index contributed by atoms with van der Waals surface area (Å²) >= 11 is 12.1. The van der Waals surface area contributed by atoms with E-state index in [-0.39, 0.29) is 17.4 Å². The van der Waals surface area contributed by atoms with Crippen molar-refractivity contribution in [1.29, 1.82) is 0 Å². The Morgan fingerprint density at radius 2 is 1.41 bits per heavy atom. The monoisotopic (exact) mass is 492 g/mol. The lowest BCUT2D eigenvalue weighted by Crippen LogP contribution is -2.63. The number of carbonyl (C=O) groups is 4. The minimum absolute atomic E-state index is 0.122. The normalized spacial score (nSPS) is 24.8. The highest BCUT2D eigenvalue weighted by molar-refractivity contribution is 6.35. The third-order valence-corrected chi connectivity index (χ3v) is 4.62. The smallest absolute Gasteiger partial charge is 0.303 e. The van der Waals surface area contributed by atoms with Gasteiger partial charge in [0.2, 0.25) is 12.4 Å². The van der Waals surface area contributed by atoms with Crippen LogP contribution >= 0.6 is 23.2 Å². The highest BCUT2D eigenvalue weighted by atomic mass is 35.5. The van der Waals surface area contributed by atoms with Crippen molar-refractivity contribution in [1.82, 2.24) is 0 Å². The molecule has 1 aromatic rings. The lowest BCUT2D eigenvalue weighted by molar-refractivity contribution is -0.288. The molecule has 1 heterocycles. The van der Waals surface area contributed by atoms with E-state index in [1.54, 1.807) is 0 Å². The molecule has 1 aliphatic heterocycles. The molecule has 0 N–H and O–H groups in total. The fourth-order valence-corrected chi connectivity index (χ4v) is 3.43. The highest BCUT2D eigenvalue weighted by Crippen LogP contribution is 2.34. The van der Waals surface area contributed by atoms with Crippen LogP contribution < -0.4 is 4.74 Å². The van der Waals surface area contributed by atoms with Gasteiger partial charge in [0.1, 0.15) is 18.5 Å². The third kappa shape index (κ3) is 7.25. The average molecular weight is 493 g/mol. The number of ether oxygens (including phenoxy) is 6. The molecule has 0 aliphatic carbocycles. The molecular weight excluding hydrogens is 471 g/mol. The summed E-state index contributed by atoms with van der Waals surface area (Å²) in [6, 6.07) is 4.39. The number of esters is 4. The molecule has 0 aromatic heterocycles. The summed E-state index contributed by atoms with van der Waals surface area (Å²) in [6.45, 7) is 4.19. The van der Waals surface area contributed by atoms with Gasteiger partial charge in [-0.1, -0.05) is 23.2 Å². The van der Waals surface area contributed by atoms with Gasteiger partial charge in [-0.05, 0) is 18.2 Å². The first kappa shape index (κ1) is 25.7. The van der Waals surface area contributed by atoms with Gasteiger partial charge in [0.15, 0.2) is 12.2 Å². The largest absolute Gasteiger partial charge is 0.463 e. The maximum atomic E-state index is 11.8. The minimum Gasteiger partial charge on any atom is -0.463 e. The lowest BCUT2D eigenvalue weighted by Gasteiger charge is -2.43. The van der Waals surface area contributed by atoms with Gasteiger partial charge in [-0.3, -0.25) is 19.2 Å². The molecule has 32 heavy (non-hydrogen) atoms. The fourth-order valence-electron chi connectivity index (χ4n) is 2.98. The van der Waals surface area contributed by atoms with E-state index in [9.17, 15) is 19.2 Å². The Bertz CT molecular complexity index is 874. The van der Waals surface area contributed by atoms with E-state index in [1.165, 1.54) is 25.1 Å². The Morgan fingerprint density at radius 1 is 0.844 bits per heavy atom. The molecule has 5 atom stereocenters. The molecule has 1 aromatic carbocycles.